The molecular formula is C23H30N4O. The Morgan fingerprint density at radius 1 is 1.11 bits per heavy atom. The van der Waals surface area contributed by atoms with Crippen molar-refractivity contribution >= 4 is 10.8 Å². The molecule has 2 heterocycles. The topological polar surface area (TPSA) is 43.2 Å². The normalized spacial score (nSPS) is 22.9. The van der Waals surface area contributed by atoms with Crippen LogP contribution in [0.15, 0.2) is 55.1 Å². The second-order valence-electron chi connectivity index (χ2n) is 7.96. The maximum absolute atomic E-state index is 6.34. The molecule has 1 saturated heterocycles. The van der Waals surface area contributed by atoms with Crippen LogP contribution >= 0.6 is 0 Å². The third-order valence-corrected chi connectivity index (χ3v) is 6.03. The molecule has 28 heavy (non-hydrogen) atoms. The Balaban J connectivity index is 1.64. The minimum Gasteiger partial charge on any atom is -0.295 e. The second kappa shape index (κ2) is 8.41. The molecule has 0 bridgehead atoms. The van der Waals surface area contributed by atoms with Crippen LogP contribution in [0.4, 0.5) is 0 Å². The van der Waals surface area contributed by atoms with Crippen molar-refractivity contribution in [3.05, 3.63) is 60.7 Å². The largest absolute Gasteiger partial charge is 0.295 e. The number of hydroxylamine groups is 2. The maximum atomic E-state index is 6.34. The van der Waals surface area contributed by atoms with Crippen molar-refractivity contribution in [2.45, 2.75) is 63.6 Å². The number of rotatable bonds is 8. The lowest BCUT2D eigenvalue weighted by molar-refractivity contribution is -0.176. The molecule has 1 aliphatic heterocycles. The Hall–Kier alpha value is -2.24. The Kier molecular flexibility index (Phi) is 5.74. The number of hydrogen-bond acceptors (Lipinski definition) is 4. The lowest BCUT2D eigenvalue weighted by Gasteiger charge is -2.34. The third-order valence-electron chi connectivity index (χ3n) is 6.03. The fraction of sp³-hybridized carbons (Fsp3) is 0.478. The highest BCUT2D eigenvalue weighted by atomic mass is 16.7. The molecule has 5 heteroatoms. The summed E-state index contributed by atoms with van der Waals surface area (Å²) in [5.41, 5.74) is 1.04. The van der Waals surface area contributed by atoms with Crippen molar-refractivity contribution in [3.63, 3.8) is 0 Å². The number of unbranched alkanes of at least 4 members (excludes halogenated alkanes) is 3. The van der Waals surface area contributed by atoms with E-state index in [2.05, 4.69) is 71.6 Å². The Labute approximate surface area is 167 Å². The molecular weight excluding hydrogens is 348 g/mol. The van der Waals surface area contributed by atoms with Gasteiger partial charge in [-0.05, 0) is 28.8 Å². The van der Waals surface area contributed by atoms with Gasteiger partial charge in [0.25, 0.3) is 0 Å². The molecule has 0 saturated carbocycles. The van der Waals surface area contributed by atoms with E-state index in [4.69, 9.17) is 4.84 Å². The number of nitrogens with zero attached hydrogens (tertiary/aromatic N) is 4. The van der Waals surface area contributed by atoms with Gasteiger partial charge < -0.3 is 0 Å². The third kappa shape index (κ3) is 3.82. The summed E-state index contributed by atoms with van der Waals surface area (Å²) in [6, 6.07) is 15.3. The van der Waals surface area contributed by atoms with Gasteiger partial charge in [0, 0.05) is 13.5 Å². The van der Waals surface area contributed by atoms with Gasteiger partial charge in [-0.3, -0.25) is 9.52 Å². The van der Waals surface area contributed by atoms with Gasteiger partial charge in [-0.15, -0.1) is 0 Å². The SMILES string of the molecule is CCCCCCC1CC(Cn2cncn2)(c2ccc3ccccc3c2)N(C)O1. The van der Waals surface area contributed by atoms with Gasteiger partial charge in [-0.2, -0.15) is 10.2 Å². The number of fused-ring (bicyclic) bond motifs is 1. The van der Waals surface area contributed by atoms with Crippen LogP contribution in [0.3, 0.4) is 0 Å². The summed E-state index contributed by atoms with van der Waals surface area (Å²) in [6.07, 6.45) is 10.8. The fourth-order valence-corrected chi connectivity index (χ4v) is 4.44. The first kappa shape index (κ1) is 19.1. The van der Waals surface area contributed by atoms with Crippen molar-refractivity contribution in [2.75, 3.05) is 7.05 Å². The maximum Gasteiger partial charge on any atom is 0.137 e. The van der Waals surface area contributed by atoms with Crippen LogP contribution in [-0.2, 0) is 16.9 Å². The highest BCUT2D eigenvalue weighted by molar-refractivity contribution is 5.83. The number of aromatic nitrogens is 3. The van der Waals surface area contributed by atoms with Gasteiger partial charge in [0.1, 0.15) is 12.7 Å². The minimum absolute atomic E-state index is 0.243. The Morgan fingerprint density at radius 2 is 1.96 bits per heavy atom. The summed E-state index contributed by atoms with van der Waals surface area (Å²) in [5.74, 6) is 0. The number of likely N-dealkylation sites (N-methyl/N-ethyl adjacent to an activating group) is 1. The van der Waals surface area contributed by atoms with E-state index in [0.717, 1.165) is 19.4 Å². The zero-order chi connectivity index (χ0) is 19.4. The van der Waals surface area contributed by atoms with E-state index in [0.29, 0.717) is 0 Å². The first-order valence-electron chi connectivity index (χ1n) is 10.4. The Bertz CT molecular complexity index is 895. The summed E-state index contributed by atoms with van der Waals surface area (Å²) in [7, 11) is 2.07. The van der Waals surface area contributed by atoms with Crippen molar-refractivity contribution in [2.24, 2.45) is 0 Å². The van der Waals surface area contributed by atoms with Crippen LogP contribution in [0.1, 0.15) is 51.0 Å². The highest BCUT2D eigenvalue weighted by Gasteiger charge is 2.47. The molecule has 0 N–H and O–H groups in total. The van der Waals surface area contributed by atoms with Gasteiger partial charge in [0.15, 0.2) is 0 Å². The van der Waals surface area contributed by atoms with Crippen molar-refractivity contribution < 1.29 is 4.84 Å². The van der Waals surface area contributed by atoms with E-state index in [1.807, 2.05) is 4.68 Å². The van der Waals surface area contributed by atoms with Gasteiger partial charge in [0.2, 0.25) is 0 Å². The van der Waals surface area contributed by atoms with Gasteiger partial charge in [-0.1, -0.05) is 69.0 Å². The monoisotopic (exact) mass is 378 g/mol. The number of benzene rings is 2. The molecule has 2 unspecified atom stereocenters. The molecule has 0 spiro atoms. The first-order chi connectivity index (χ1) is 13.7. The highest BCUT2D eigenvalue weighted by Crippen LogP contribution is 2.43. The quantitative estimate of drug-likeness (QED) is 0.521. The summed E-state index contributed by atoms with van der Waals surface area (Å²) < 4.78 is 1.93. The van der Waals surface area contributed by atoms with E-state index >= 15 is 0 Å². The predicted molar refractivity (Wildman–Crippen MR) is 112 cm³/mol. The molecule has 5 nitrogen and oxygen atoms in total. The summed E-state index contributed by atoms with van der Waals surface area (Å²) in [5, 5.41) is 8.98. The summed E-state index contributed by atoms with van der Waals surface area (Å²) >= 11 is 0. The van der Waals surface area contributed by atoms with Crippen LogP contribution in [0.2, 0.25) is 0 Å². The van der Waals surface area contributed by atoms with Gasteiger partial charge in [-0.25, -0.2) is 4.98 Å². The van der Waals surface area contributed by atoms with Crippen LogP contribution < -0.4 is 0 Å². The molecule has 1 aromatic heterocycles. The van der Waals surface area contributed by atoms with Crippen LogP contribution in [-0.4, -0.2) is 33.0 Å². The molecule has 0 radical (unpaired) electrons. The molecule has 4 rings (SSSR count). The summed E-state index contributed by atoms with van der Waals surface area (Å²) in [6.45, 7) is 2.98. The predicted octanol–water partition coefficient (Wildman–Crippen LogP) is 4.93. The van der Waals surface area contributed by atoms with E-state index in [1.165, 1.54) is 42.0 Å². The molecule has 3 aromatic rings. The molecule has 1 fully saturated rings. The molecule has 2 aromatic carbocycles. The van der Waals surface area contributed by atoms with E-state index < -0.39 is 0 Å². The smallest absolute Gasteiger partial charge is 0.137 e. The lowest BCUT2D eigenvalue weighted by atomic mass is 9.83. The van der Waals surface area contributed by atoms with E-state index in [9.17, 15) is 0 Å². The molecule has 1 aliphatic rings. The minimum atomic E-state index is -0.243. The van der Waals surface area contributed by atoms with E-state index in [1.54, 1.807) is 12.7 Å². The van der Waals surface area contributed by atoms with Crippen molar-refractivity contribution in [1.29, 1.82) is 0 Å². The van der Waals surface area contributed by atoms with Gasteiger partial charge in [0.05, 0.1) is 18.2 Å². The Morgan fingerprint density at radius 3 is 2.75 bits per heavy atom. The fourth-order valence-electron chi connectivity index (χ4n) is 4.44. The first-order valence-corrected chi connectivity index (χ1v) is 10.4. The average molecular weight is 379 g/mol. The van der Waals surface area contributed by atoms with Crippen LogP contribution in [0.25, 0.3) is 10.8 Å². The van der Waals surface area contributed by atoms with Crippen LogP contribution in [0, 0.1) is 0 Å². The zero-order valence-electron chi connectivity index (χ0n) is 16.9. The van der Waals surface area contributed by atoms with Crippen LogP contribution in [0.5, 0.6) is 0 Å². The molecule has 0 amide bonds. The summed E-state index contributed by atoms with van der Waals surface area (Å²) in [4.78, 5) is 10.5. The lowest BCUT2D eigenvalue weighted by Crippen LogP contribution is -2.42. The van der Waals surface area contributed by atoms with Crippen molar-refractivity contribution in [1.82, 2.24) is 19.8 Å². The van der Waals surface area contributed by atoms with E-state index in [-0.39, 0.29) is 11.6 Å². The molecule has 0 aliphatic carbocycles. The van der Waals surface area contributed by atoms with Crippen molar-refractivity contribution in [3.8, 4) is 0 Å². The average Bonchev–Trinajstić information content (AvgIpc) is 3.33. The second-order valence-corrected chi connectivity index (χ2v) is 7.96. The molecule has 2 atom stereocenters. The zero-order valence-corrected chi connectivity index (χ0v) is 16.9. The molecule has 148 valence electrons. The standard InChI is InChI=1S/C23H30N4O/c1-3-4-5-6-11-22-15-23(26(2)28-22,16-27-18-24-17-25-27)21-13-12-19-9-7-8-10-20(19)14-21/h7-10,12-14,17-18,22H,3-6,11,15-16H2,1-2H3. The van der Waals surface area contributed by atoms with Gasteiger partial charge >= 0.3 is 0 Å². The number of hydrogen-bond donors (Lipinski definition) is 0.